The standard InChI is InChI=1S/C20H34O12/c1-6-9-10(7-12(26-2)27-3)13(17(25)28-4)19(29-5)31-18(9)32-20-16(24)15(23)14(22)11(8-21)30-20/h6,9-16,18-24H,1,7-8H2,2-5H3/t9-,10+,11-,13+,14-,15+,16-,18+,19-,20+/m1/s1. The van der Waals surface area contributed by atoms with Crippen molar-refractivity contribution in [2.75, 3.05) is 35.0 Å². The van der Waals surface area contributed by atoms with Gasteiger partial charge in [-0.3, -0.25) is 4.79 Å². The van der Waals surface area contributed by atoms with Crippen LogP contribution in [0.1, 0.15) is 6.42 Å². The zero-order valence-corrected chi connectivity index (χ0v) is 18.6. The van der Waals surface area contributed by atoms with E-state index in [9.17, 15) is 25.2 Å². The van der Waals surface area contributed by atoms with Gasteiger partial charge in [0, 0.05) is 33.7 Å². The molecule has 0 aliphatic carbocycles. The maximum absolute atomic E-state index is 12.6. The summed E-state index contributed by atoms with van der Waals surface area (Å²) in [5, 5.41) is 39.8. The number of ether oxygens (including phenoxy) is 7. The Balaban J connectivity index is 2.33. The molecular formula is C20H34O12. The van der Waals surface area contributed by atoms with Gasteiger partial charge in [0.1, 0.15) is 30.3 Å². The number of hydrogen-bond donors (Lipinski definition) is 4. The molecule has 10 atom stereocenters. The van der Waals surface area contributed by atoms with Crippen molar-refractivity contribution >= 4 is 5.97 Å². The lowest BCUT2D eigenvalue weighted by atomic mass is 9.76. The quantitative estimate of drug-likeness (QED) is 0.165. The Bertz CT molecular complexity index is 597. The molecule has 4 N–H and O–H groups in total. The lowest BCUT2D eigenvalue weighted by molar-refractivity contribution is -0.378. The minimum atomic E-state index is -1.63. The van der Waals surface area contributed by atoms with E-state index in [1.54, 1.807) is 0 Å². The van der Waals surface area contributed by atoms with Crippen molar-refractivity contribution in [1.82, 2.24) is 0 Å². The number of aliphatic hydroxyl groups excluding tert-OH is 4. The van der Waals surface area contributed by atoms with Crippen molar-refractivity contribution in [3.05, 3.63) is 12.7 Å². The van der Waals surface area contributed by atoms with Gasteiger partial charge >= 0.3 is 5.97 Å². The van der Waals surface area contributed by atoms with E-state index in [0.717, 1.165) is 0 Å². The molecule has 2 rings (SSSR count). The minimum Gasteiger partial charge on any atom is -0.469 e. The molecule has 0 radical (unpaired) electrons. The molecule has 2 heterocycles. The first kappa shape index (κ1) is 27.1. The van der Waals surface area contributed by atoms with E-state index < -0.39 is 79.9 Å². The molecule has 186 valence electrons. The van der Waals surface area contributed by atoms with E-state index >= 15 is 0 Å². The van der Waals surface area contributed by atoms with Crippen LogP contribution in [0.4, 0.5) is 0 Å². The summed E-state index contributed by atoms with van der Waals surface area (Å²) in [5.74, 6) is -2.65. The summed E-state index contributed by atoms with van der Waals surface area (Å²) in [5.41, 5.74) is 0. The summed E-state index contributed by atoms with van der Waals surface area (Å²) in [6, 6.07) is 0. The molecule has 2 fully saturated rings. The zero-order chi connectivity index (χ0) is 24.0. The molecule has 2 aliphatic heterocycles. The highest BCUT2D eigenvalue weighted by atomic mass is 16.8. The van der Waals surface area contributed by atoms with Crippen LogP contribution < -0.4 is 0 Å². The predicted octanol–water partition coefficient (Wildman–Crippen LogP) is -1.65. The van der Waals surface area contributed by atoms with Crippen molar-refractivity contribution in [2.24, 2.45) is 17.8 Å². The van der Waals surface area contributed by atoms with Gasteiger partial charge in [0.25, 0.3) is 0 Å². The zero-order valence-electron chi connectivity index (χ0n) is 18.6. The van der Waals surface area contributed by atoms with Crippen molar-refractivity contribution in [3.63, 3.8) is 0 Å². The number of hydrogen-bond acceptors (Lipinski definition) is 12. The third-order valence-corrected chi connectivity index (χ3v) is 5.92. The highest BCUT2D eigenvalue weighted by Crippen LogP contribution is 2.42. The predicted molar refractivity (Wildman–Crippen MR) is 106 cm³/mol. The number of carbonyl (C=O) groups is 1. The Morgan fingerprint density at radius 1 is 1.00 bits per heavy atom. The molecule has 12 heteroatoms. The van der Waals surface area contributed by atoms with Gasteiger partial charge in [-0.1, -0.05) is 6.08 Å². The lowest BCUT2D eigenvalue weighted by Gasteiger charge is -2.47. The first-order chi connectivity index (χ1) is 15.3. The molecule has 2 saturated heterocycles. The fourth-order valence-corrected chi connectivity index (χ4v) is 4.11. The van der Waals surface area contributed by atoms with Crippen molar-refractivity contribution in [3.8, 4) is 0 Å². The van der Waals surface area contributed by atoms with E-state index in [0.29, 0.717) is 0 Å². The van der Waals surface area contributed by atoms with Gasteiger partial charge < -0.3 is 53.6 Å². The number of rotatable bonds is 10. The summed E-state index contributed by atoms with van der Waals surface area (Å²) in [6.07, 6.45) is -8.57. The summed E-state index contributed by atoms with van der Waals surface area (Å²) < 4.78 is 38.0. The van der Waals surface area contributed by atoms with Gasteiger partial charge in [0.2, 0.25) is 0 Å². The fourth-order valence-electron chi connectivity index (χ4n) is 4.11. The fraction of sp³-hybridized carbons (Fsp3) is 0.850. The highest BCUT2D eigenvalue weighted by Gasteiger charge is 2.52. The molecule has 0 aromatic rings. The third-order valence-electron chi connectivity index (χ3n) is 5.92. The van der Waals surface area contributed by atoms with Crippen LogP contribution in [0.2, 0.25) is 0 Å². The van der Waals surface area contributed by atoms with E-state index in [1.165, 1.54) is 34.5 Å². The SMILES string of the molecule is C=C[C@H]1[C@H](O[C@@H]2O[C@H](CO)[C@@H](O)[C@H](O)[C@H]2O)O[C@@H](OC)[C@H](C(=O)OC)[C@H]1CC(OC)OC. The Morgan fingerprint density at radius 2 is 1.66 bits per heavy atom. The highest BCUT2D eigenvalue weighted by molar-refractivity contribution is 5.73. The van der Waals surface area contributed by atoms with Gasteiger partial charge in [-0.25, -0.2) is 0 Å². The molecule has 0 unspecified atom stereocenters. The van der Waals surface area contributed by atoms with Crippen molar-refractivity contribution in [1.29, 1.82) is 0 Å². The van der Waals surface area contributed by atoms with Crippen LogP contribution in [-0.2, 0) is 38.0 Å². The van der Waals surface area contributed by atoms with Crippen LogP contribution >= 0.6 is 0 Å². The Morgan fingerprint density at radius 3 is 2.16 bits per heavy atom. The summed E-state index contributed by atoms with van der Waals surface area (Å²) in [7, 11) is 5.51. The van der Waals surface area contributed by atoms with Crippen molar-refractivity contribution < 1.29 is 58.4 Å². The van der Waals surface area contributed by atoms with Crippen molar-refractivity contribution in [2.45, 2.75) is 56.0 Å². The van der Waals surface area contributed by atoms with Crippen LogP contribution in [-0.4, -0.2) is 111 Å². The maximum atomic E-state index is 12.6. The number of esters is 1. The largest absolute Gasteiger partial charge is 0.469 e. The summed E-state index contributed by atoms with van der Waals surface area (Å²) in [4.78, 5) is 12.6. The molecule has 0 aromatic heterocycles. The minimum absolute atomic E-state index is 0.223. The van der Waals surface area contributed by atoms with Crippen LogP contribution in [0.5, 0.6) is 0 Å². The van der Waals surface area contributed by atoms with Crippen LogP contribution in [0.25, 0.3) is 0 Å². The lowest BCUT2D eigenvalue weighted by Crippen LogP contribution is -2.61. The van der Waals surface area contributed by atoms with E-state index in [1.807, 2.05) is 0 Å². The second-order valence-electron chi connectivity index (χ2n) is 7.60. The number of aliphatic hydroxyl groups is 4. The molecule has 0 aromatic carbocycles. The molecule has 12 nitrogen and oxygen atoms in total. The number of methoxy groups -OCH3 is 4. The van der Waals surface area contributed by atoms with E-state index in [-0.39, 0.29) is 6.42 Å². The Hall–Kier alpha value is -1.19. The average molecular weight is 466 g/mol. The summed E-state index contributed by atoms with van der Waals surface area (Å²) >= 11 is 0. The van der Waals surface area contributed by atoms with E-state index in [2.05, 4.69) is 6.58 Å². The van der Waals surface area contributed by atoms with E-state index in [4.69, 9.17) is 33.2 Å². The maximum Gasteiger partial charge on any atom is 0.314 e. The molecule has 0 bridgehead atoms. The second-order valence-corrected chi connectivity index (χ2v) is 7.60. The topological polar surface area (TPSA) is 163 Å². The smallest absolute Gasteiger partial charge is 0.314 e. The van der Waals surface area contributed by atoms with Gasteiger partial charge in [0.15, 0.2) is 25.2 Å². The Labute approximate surface area is 186 Å². The molecule has 0 saturated carbocycles. The van der Waals surface area contributed by atoms with Crippen LogP contribution in [0, 0.1) is 17.8 Å². The first-order valence-electron chi connectivity index (χ1n) is 10.2. The normalized spacial score (nSPS) is 40.3. The molecule has 2 aliphatic rings. The first-order valence-corrected chi connectivity index (χ1v) is 10.2. The van der Waals surface area contributed by atoms with Gasteiger partial charge in [-0.2, -0.15) is 0 Å². The third kappa shape index (κ3) is 5.65. The monoisotopic (exact) mass is 466 g/mol. The summed E-state index contributed by atoms with van der Waals surface area (Å²) in [6.45, 7) is 3.20. The van der Waals surface area contributed by atoms with Gasteiger partial charge in [-0.15, -0.1) is 6.58 Å². The second kappa shape index (κ2) is 12.3. The van der Waals surface area contributed by atoms with Gasteiger partial charge in [-0.05, 0) is 5.92 Å². The van der Waals surface area contributed by atoms with Crippen LogP contribution in [0.15, 0.2) is 12.7 Å². The molecule has 0 amide bonds. The average Bonchev–Trinajstić information content (AvgIpc) is 2.81. The molecule has 32 heavy (non-hydrogen) atoms. The van der Waals surface area contributed by atoms with Gasteiger partial charge in [0.05, 0.1) is 13.7 Å². The number of carbonyl (C=O) groups excluding carboxylic acids is 1. The Kier molecular flexibility index (Phi) is 10.4. The molecular weight excluding hydrogens is 432 g/mol. The molecule has 0 spiro atoms. The van der Waals surface area contributed by atoms with Crippen LogP contribution in [0.3, 0.4) is 0 Å².